The Bertz CT molecular complexity index is 877. The highest BCUT2D eigenvalue weighted by Gasteiger charge is 2.38. The lowest BCUT2D eigenvalue weighted by Gasteiger charge is -2.37. The number of esters is 1. The molecule has 1 aromatic carbocycles. The zero-order valence-electron chi connectivity index (χ0n) is 18.4. The van der Waals surface area contributed by atoms with E-state index in [1.165, 1.54) is 17.0 Å². The first kappa shape index (κ1) is 22.9. The molecule has 0 saturated carbocycles. The number of benzene rings is 1. The fourth-order valence-electron chi connectivity index (χ4n) is 4.23. The van der Waals surface area contributed by atoms with Crippen molar-refractivity contribution in [1.29, 1.82) is 0 Å². The largest absolute Gasteiger partial charge is 0.463 e. The van der Waals surface area contributed by atoms with Gasteiger partial charge in [0.05, 0.1) is 12.2 Å². The zero-order chi connectivity index (χ0) is 22.5. The van der Waals surface area contributed by atoms with Gasteiger partial charge in [-0.3, -0.25) is 9.59 Å². The number of likely N-dealkylation sites (N-methyl/N-ethyl adjacent to an activating group) is 1. The molecule has 31 heavy (non-hydrogen) atoms. The number of rotatable bonds is 6. The fourth-order valence-corrected chi connectivity index (χ4v) is 4.23. The van der Waals surface area contributed by atoms with Crippen molar-refractivity contribution >= 4 is 17.8 Å². The number of ether oxygens (including phenoxy) is 1. The van der Waals surface area contributed by atoms with Crippen molar-refractivity contribution in [3.8, 4) is 0 Å². The van der Waals surface area contributed by atoms with Gasteiger partial charge in [0.25, 0.3) is 0 Å². The van der Waals surface area contributed by atoms with Gasteiger partial charge in [0.2, 0.25) is 11.8 Å². The summed E-state index contributed by atoms with van der Waals surface area (Å²) in [5.74, 6) is -2.00. The maximum Gasteiger partial charge on any atom is 0.336 e. The summed E-state index contributed by atoms with van der Waals surface area (Å²) < 4.78 is 19.1. The van der Waals surface area contributed by atoms with Crippen LogP contribution in [-0.2, 0) is 19.1 Å². The summed E-state index contributed by atoms with van der Waals surface area (Å²) in [4.78, 5) is 44.0. The number of nitrogens with zero attached hydrogens (tertiary/aromatic N) is 3. The highest BCUT2D eigenvalue weighted by Crippen LogP contribution is 2.37. The number of carbonyl (C=O) groups excluding carboxylic acids is 3. The number of amides is 2. The van der Waals surface area contributed by atoms with Crippen molar-refractivity contribution in [3.63, 3.8) is 0 Å². The highest BCUT2D eigenvalue weighted by atomic mass is 19.1. The number of hydrogen-bond donors (Lipinski definition) is 0. The van der Waals surface area contributed by atoms with Crippen LogP contribution >= 0.6 is 0 Å². The first-order chi connectivity index (χ1) is 14.8. The summed E-state index contributed by atoms with van der Waals surface area (Å²) in [7, 11) is 0. The van der Waals surface area contributed by atoms with E-state index in [2.05, 4.69) is 11.8 Å². The van der Waals surface area contributed by atoms with Crippen LogP contribution in [0.4, 0.5) is 4.39 Å². The molecular formula is C23H30FN3O4. The molecule has 1 fully saturated rings. The van der Waals surface area contributed by atoms with Gasteiger partial charge in [-0.25, -0.2) is 9.18 Å². The summed E-state index contributed by atoms with van der Waals surface area (Å²) in [5, 5.41) is 0. The Kier molecular flexibility index (Phi) is 7.43. The number of halogens is 1. The number of hydrogen-bond acceptors (Lipinski definition) is 5. The second-order valence-corrected chi connectivity index (χ2v) is 7.83. The van der Waals surface area contributed by atoms with Gasteiger partial charge in [-0.15, -0.1) is 0 Å². The van der Waals surface area contributed by atoms with Gasteiger partial charge < -0.3 is 19.4 Å². The molecule has 1 saturated heterocycles. The van der Waals surface area contributed by atoms with Crippen LogP contribution in [0.25, 0.3) is 0 Å². The second-order valence-electron chi connectivity index (χ2n) is 7.83. The van der Waals surface area contributed by atoms with E-state index in [0.717, 1.165) is 19.6 Å². The average molecular weight is 432 g/mol. The summed E-state index contributed by atoms with van der Waals surface area (Å²) in [6.45, 7) is 9.30. The maximum absolute atomic E-state index is 13.8. The minimum atomic E-state index is -0.610. The van der Waals surface area contributed by atoms with Gasteiger partial charge in [0.15, 0.2) is 0 Å². The molecule has 2 heterocycles. The third-order valence-corrected chi connectivity index (χ3v) is 6.03. The molecule has 2 amide bonds. The van der Waals surface area contributed by atoms with Gasteiger partial charge in [0.1, 0.15) is 12.4 Å². The topological polar surface area (TPSA) is 70.2 Å². The Labute approximate surface area is 182 Å². The van der Waals surface area contributed by atoms with Gasteiger partial charge >= 0.3 is 5.97 Å². The van der Waals surface area contributed by atoms with Crippen LogP contribution in [0.5, 0.6) is 0 Å². The molecule has 0 aromatic heterocycles. The molecule has 0 N–H and O–H groups in total. The quantitative estimate of drug-likeness (QED) is 0.646. The first-order valence-electron chi connectivity index (χ1n) is 10.8. The van der Waals surface area contributed by atoms with Crippen LogP contribution in [0.15, 0.2) is 35.5 Å². The molecule has 0 bridgehead atoms. The van der Waals surface area contributed by atoms with E-state index >= 15 is 0 Å². The molecule has 1 unspecified atom stereocenters. The van der Waals surface area contributed by atoms with Crippen LogP contribution in [0.3, 0.4) is 0 Å². The number of carbonyl (C=O) groups is 3. The molecule has 2 aliphatic heterocycles. The molecule has 0 radical (unpaired) electrons. The van der Waals surface area contributed by atoms with E-state index in [9.17, 15) is 18.8 Å². The average Bonchev–Trinajstić information content (AvgIpc) is 2.76. The summed E-state index contributed by atoms with van der Waals surface area (Å²) in [6, 6.07) is 5.90. The minimum Gasteiger partial charge on any atom is -0.463 e. The van der Waals surface area contributed by atoms with Crippen molar-refractivity contribution in [1.82, 2.24) is 14.7 Å². The molecule has 1 aromatic rings. The van der Waals surface area contributed by atoms with Crippen LogP contribution in [-0.4, -0.2) is 78.4 Å². The summed E-state index contributed by atoms with van der Waals surface area (Å²) in [5.41, 5.74) is 1.23. The third kappa shape index (κ3) is 5.12. The summed E-state index contributed by atoms with van der Waals surface area (Å²) in [6.07, 6.45) is -0.0220. The van der Waals surface area contributed by atoms with Gasteiger partial charge in [-0.2, -0.15) is 0 Å². The fraction of sp³-hybridized carbons (Fsp3) is 0.522. The van der Waals surface area contributed by atoms with E-state index in [0.29, 0.717) is 29.9 Å². The lowest BCUT2D eigenvalue weighted by Crippen LogP contribution is -2.52. The smallest absolute Gasteiger partial charge is 0.336 e. The van der Waals surface area contributed by atoms with Crippen molar-refractivity contribution in [2.45, 2.75) is 33.1 Å². The molecule has 3 rings (SSSR count). The standard InChI is InChI=1S/C23H30FN3O4/c1-4-25-9-11-26(12-10-25)21(29)15-27-16(3)22(23(30)31-5-2)19(14-20(27)28)17-7-6-8-18(24)13-17/h6-8,13,19H,4-5,9-12,14-15H2,1-3H3. The predicted octanol–water partition coefficient (Wildman–Crippen LogP) is 2.14. The van der Waals surface area contributed by atoms with Crippen molar-refractivity contribution in [2.24, 2.45) is 0 Å². The highest BCUT2D eigenvalue weighted by molar-refractivity contribution is 5.97. The lowest BCUT2D eigenvalue weighted by molar-refractivity contribution is -0.143. The Morgan fingerprint density at radius 1 is 1.16 bits per heavy atom. The lowest BCUT2D eigenvalue weighted by atomic mass is 9.83. The normalized spacial score (nSPS) is 20.3. The van der Waals surface area contributed by atoms with E-state index in [4.69, 9.17) is 4.74 Å². The molecule has 1 atom stereocenters. The van der Waals surface area contributed by atoms with Gasteiger partial charge in [0, 0.05) is 44.2 Å². The number of piperazine rings is 1. The van der Waals surface area contributed by atoms with Crippen LogP contribution in [0.2, 0.25) is 0 Å². The van der Waals surface area contributed by atoms with E-state index < -0.39 is 17.7 Å². The Hall–Kier alpha value is -2.74. The molecule has 0 aliphatic carbocycles. The zero-order valence-corrected chi connectivity index (χ0v) is 18.4. The molecule has 8 heteroatoms. The molecule has 7 nitrogen and oxygen atoms in total. The Morgan fingerprint density at radius 2 is 1.87 bits per heavy atom. The second kappa shape index (κ2) is 10.0. The van der Waals surface area contributed by atoms with Crippen molar-refractivity contribution in [2.75, 3.05) is 45.9 Å². The Morgan fingerprint density at radius 3 is 2.48 bits per heavy atom. The molecular weight excluding hydrogens is 401 g/mol. The van der Waals surface area contributed by atoms with Crippen molar-refractivity contribution in [3.05, 3.63) is 46.9 Å². The van der Waals surface area contributed by atoms with E-state index in [-0.39, 0.29) is 31.4 Å². The minimum absolute atomic E-state index is 0.0220. The van der Waals surface area contributed by atoms with E-state index in [1.807, 2.05) is 0 Å². The van der Waals surface area contributed by atoms with Crippen LogP contribution in [0, 0.1) is 5.82 Å². The monoisotopic (exact) mass is 431 g/mol. The maximum atomic E-state index is 13.8. The SMILES string of the molecule is CCOC(=O)C1=C(C)N(CC(=O)N2CCN(CC)CC2)C(=O)CC1c1cccc(F)c1. The van der Waals surface area contributed by atoms with Crippen LogP contribution in [0.1, 0.15) is 38.7 Å². The van der Waals surface area contributed by atoms with Gasteiger partial charge in [-0.1, -0.05) is 19.1 Å². The summed E-state index contributed by atoms with van der Waals surface area (Å²) >= 11 is 0. The third-order valence-electron chi connectivity index (χ3n) is 6.03. The molecule has 2 aliphatic rings. The van der Waals surface area contributed by atoms with Gasteiger partial charge in [-0.05, 0) is 38.1 Å². The Balaban J connectivity index is 1.86. The molecule has 168 valence electrons. The number of allylic oxidation sites excluding steroid dienone is 1. The van der Waals surface area contributed by atoms with Crippen molar-refractivity contribution < 1.29 is 23.5 Å². The van der Waals surface area contributed by atoms with E-state index in [1.54, 1.807) is 30.9 Å². The predicted molar refractivity (Wildman–Crippen MR) is 113 cm³/mol. The van der Waals surface area contributed by atoms with Crippen LogP contribution < -0.4 is 0 Å². The molecule has 0 spiro atoms. The first-order valence-corrected chi connectivity index (χ1v) is 10.8.